The van der Waals surface area contributed by atoms with Crippen molar-refractivity contribution in [3.05, 3.63) is 224 Å². The van der Waals surface area contributed by atoms with Gasteiger partial charge in [0.05, 0.1) is 32.5 Å². The predicted molar refractivity (Wildman–Crippen MR) is 277 cm³/mol. The molecule has 0 N–H and O–H groups in total. The average molecular weight is 844 g/mol. The van der Waals surface area contributed by atoms with E-state index in [1.54, 1.807) is 0 Å². The van der Waals surface area contributed by atoms with Crippen molar-refractivity contribution in [1.29, 1.82) is 0 Å². The third-order valence-corrected chi connectivity index (χ3v) is 14.8. The third kappa shape index (κ3) is 5.51. The Morgan fingerprint density at radius 3 is 1.66 bits per heavy atom. The van der Waals surface area contributed by atoms with Gasteiger partial charge in [-0.3, -0.25) is 4.40 Å². The van der Waals surface area contributed by atoms with E-state index < -0.39 is 0 Å². The molecular formula is C61H37N3S. The fraction of sp³-hybridized carbons (Fsp3) is 0. The van der Waals surface area contributed by atoms with Crippen LogP contribution in [0.2, 0.25) is 0 Å². The summed E-state index contributed by atoms with van der Waals surface area (Å²) in [5.41, 5.74) is 16.3. The van der Waals surface area contributed by atoms with Crippen LogP contribution < -0.4 is 0 Å². The Morgan fingerprint density at radius 2 is 0.908 bits per heavy atom. The van der Waals surface area contributed by atoms with E-state index in [1.807, 2.05) is 11.3 Å². The van der Waals surface area contributed by atoms with Gasteiger partial charge in [0.2, 0.25) is 0 Å². The molecule has 0 aliphatic carbocycles. The van der Waals surface area contributed by atoms with Gasteiger partial charge in [0, 0.05) is 31.9 Å². The number of fused-ring (bicyclic) bond motifs is 13. The number of hydrogen-bond acceptors (Lipinski definition) is 2. The van der Waals surface area contributed by atoms with Crippen molar-refractivity contribution in [2.24, 2.45) is 0 Å². The molecule has 0 saturated heterocycles. The lowest BCUT2D eigenvalue weighted by Crippen LogP contribution is -1.93. The normalized spacial score (nSPS) is 12.0. The summed E-state index contributed by atoms with van der Waals surface area (Å²) in [6.45, 7) is 0. The predicted octanol–water partition coefficient (Wildman–Crippen LogP) is 16.9. The van der Waals surface area contributed by atoms with Gasteiger partial charge in [-0.1, -0.05) is 182 Å². The number of imidazole rings is 1. The molecule has 0 unspecified atom stereocenters. The summed E-state index contributed by atoms with van der Waals surface area (Å²) >= 11 is 1.86. The maximum atomic E-state index is 5.26. The third-order valence-electron chi connectivity index (χ3n) is 13.5. The van der Waals surface area contributed by atoms with Crippen LogP contribution in [0.1, 0.15) is 0 Å². The lowest BCUT2D eigenvalue weighted by Gasteiger charge is -2.14. The van der Waals surface area contributed by atoms with Gasteiger partial charge in [-0.05, 0) is 103 Å². The Morgan fingerprint density at radius 1 is 0.338 bits per heavy atom. The fourth-order valence-electron chi connectivity index (χ4n) is 10.5. The van der Waals surface area contributed by atoms with Crippen LogP contribution in [0.3, 0.4) is 0 Å². The van der Waals surface area contributed by atoms with Crippen LogP contribution in [-0.2, 0) is 0 Å². The second-order valence-electron chi connectivity index (χ2n) is 17.1. The van der Waals surface area contributed by atoms with E-state index in [0.717, 1.165) is 27.9 Å². The van der Waals surface area contributed by atoms with Crippen molar-refractivity contribution in [3.63, 3.8) is 0 Å². The number of hydrogen-bond donors (Lipinski definition) is 0. The van der Waals surface area contributed by atoms with Crippen LogP contribution in [0.25, 0.3) is 131 Å². The summed E-state index contributed by atoms with van der Waals surface area (Å²) in [4.78, 5) is 5.26. The molecule has 14 rings (SSSR count). The Kier molecular flexibility index (Phi) is 7.85. The molecule has 14 aromatic rings. The van der Waals surface area contributed by atoms with E-state index in [-0.39, 0.29) is 0 Å². The summed E-state index contributed by atoms with van der Waals surface area (Å²) in [5, 5.41) is 10.1. The monoisotopic (exact) mass is 843 g/mol. The number of aromatic nitrogens is 3. The van der Waals surface area contributed by atoms with E-state index in [1.165, 1.54) is 103 Å². The fourth-order valence-corrected chi connectivity index (χ4v) is 11.8. The summed E-state index contributed by atoms with van der Waals surface area (Å²) in [5.74, 6) is 0. The molecule has 0 atom stereocenters. The van der Waals surface area contributed by atoms with Gasteiger partial charge in [-0.2, -0.15) is 0 Å². The van der Waals surface area contributed by atoms with Crippen molar-refractivity contribution in [2.45, 2.75) is 0 Å². The van der Waals surface area contributed by atoms with Crippen LogP contribution in [0.15, 0.2) is 224 Å². The molecule has 4 heteroatoms. The first kappa shape index (κ1) is 36.2. The highest BCUT2D eigenvalue weighted by molar-refractivity contribution is 7.27. The van der Waals surface area contributed by atoms with Gasteiger partial charge in [0.1, 0.15) is 0 Å². The lowest BCUT2D eigenvalue weighted by atomic mass is 9.91. The SMILES string of the molecule is c1ccc(-n2c3ccccc3c3ccc(-c4ccc(-c5ccc(-c6ccc(-c7cc8c9ccc%10ccccc%10c9sc8c8nc9ccccc9n78)cc6)c6ccccc56)cc4)cc32)cc1. The molecule has 0 aliphatic rings. The number of nitrogens with zero attached hydrogens (tertiary/aromatic N) is 3. The lowest BCUT2D eigenvalue weighted by molar-refractivity contribution is 1.18. The highest BCUT2D eigenvalue weighted by Gasteiger charge is 2.20. The molecule has 0 amide bonds. The molecule has 0 aliphatic heterocycles. The van der Waals surface area contributed by atoms with Crippen molar-refractivity contribution < 1.29 is 0 Å². The zero-order valence-corrected chi connectivity index (χ0v) is 35.9. The van der Waals surface area contributed by atoms with E-state index >= 15 is 0 Å². The molecule has 0 radical (unpaired) electrons. The maximum absolute atomic E-state index is 5.26. The molecular weight excluding hydrogens is 807 g/mol. The Bertz CT molecular complexity index is 4210. The van der Waals surface area contributed by atoms with Gasteiger partial charge in [0.25, 0.3) is 0 Å². The number of para-hydroxylation sites is 4. The average Bonchev–Trinajstić information content (AvgIpc) is 4.06. The van der Waals surface area contributed by atoms with Crippen LogP contribution in [0.5, 0.6) is 0 Å². The summed E-state index contributed by atoms with van der Waals surface area (Å²) in [6.07, 6.45) is 0. The highest BCUT2D eigenvalue weighted by atomic mass is 32.1. The Labute approximate surface area is 378 Å². The minimum atomic E-state index is 1.01. The molecule has 10 aromatic carbocycles. The minimum Gasteiger partial charge on any atom is -0.309 e. The standard InChI is InChI=1S/C61H37N3S/c1-2-13-44(14-3-1)63-55-20-10-8-18-50(55)51-32-31-43(36-58(51)63)38-22-24-40(25-23-38)45-34-35-46(49-17-7-6-16-48(45)49)41-26-28-42(29-27-41)57-37-53-52-33-30-39-12-4-5-15-47(39)59(52)65-60(53)61-62-54-19-9-11-21-56(54)64(57)61/h1-37H. The molecule has 0 bridgehead atoms. The number of rotatable bonds is 5. The van der Waals surface area contributed by atoms with Gasteiger partial charge in [0.15, 0.2) is 5.65 Å². The van der Waals surface area contributed by atoms with Crippen LogP contribution >= 0.6 is 11.3 Å². The van der Waals surface area contributed by atoms with Gasteiger partial charge in [-0.15, -0.1) is 11.3 Å². The quantitative estimate of drug-likeness (QED) is 0.169. The number of pyridine rings is 1. The van der Waals surface area contributed by atoms with Gasteiger partial charge < -0.3 is 4.57 Å². The Hall–Kier alpha value is -8.31. The van der Waals surface area contributed by atoms with E-state index in [4.69, 9.17) is 4.98 Å². The Balaban J connectivity index is 0.841. The molecule has 4 aromatic heterocycles. The summed E-state index contributed by atoms with van der Waals surface area (Å²) < 4.78 is 7.28. The highest BCUT2D eigenvalue weighted by Crippen LogP contribution is 2.44. The summed E-state index contributed by atoms with van der Waals surface area (Å²) in [7, 11) is 0. The molecule has 4 heterocycles. The molecule has 65 heavy (non-hydrogen) atoms. The second-order valence-corrected chi connectivity index (χ2v) is 18.1. The van der Waals surface area contributed by atoms with Crippen LogP contribution in [-0.4, -0.2) is 14.0 Å². The zero-order valence-electron chi connectivity index (χ0n) is 35.1. The van der Waals surface area contributed by atoms with Crippen molar-refractivity contribution in [2.75, 3.05) is 0 Å². The van der Waals surface area contributed by atoms with Gasteiger partial charge in [-0.25, -0.2) is 4.98 Å². The first-order valence-corrected chi connectivity index (χ1v) is 23.0. The van der Waals surface area contributed by atoms with Crippen molar-refractivity contribution >= 4 is 91.5 Å². The topological polar surface area (TPSA) is 22.2 Å². The molecule has 0 spiro atoms. The molecule has 3 nitrogen and oxygen atoms in total. The zero-order chi connectivity index (χ0) is 42.6. The minimum absolute atomic E-state index is 1.01. The van der Waals surface area contributed by atoms with E-state index in [2.05, 4.69) is 233 Å². The van der Waals surface area contributed by atoms with Crippen molar-refractivity contribution in [3.8, 4) is 50.3 Å². The van der Waals surface area contributed by atoms with E-state index in [0.29, 0.717) is 0 Å². The largest absolute Gasteiger partial charge is 0.309 e. The number of thiophene rings is 1. The van der Waals surface area contributed by atoms with Crippen LogP contribution in [0.4, 0.5) is 0 Å². The smallest absolute Gasteiger partial charge is 0.156 e. The van der Waals surface area contributed by atoms with Crippen molar-refractivity contribution in [1.82, 2.24) is 14.0 Å². The maximum Gasteiger partial charge on any atom is 0.156 e. The summed E-state index contributed by atoms with van der Waals surface area (Å²) in [6, 6.07) is 82.1. The second kappa shape index (κ2) is 14.1. The molecule has 0 fully saturated rings. The molecule has 0 saturated carbocycles. The van der Waals surface area contributed by atoms with Gasteiger partial charge >= 0.3 is 0 Å². The molecule has 302 valence electrons. The number of benzene rings is 10. The first-order chi connectivity index (χ1) is 32.2. The first-order valence-electron chi connectivity index (χ1n) is 22.2. The van der Waals surface area contributed by atoms with Crippen LogP contribution in [0, 0.1) is 0 Å². The van der Waals surface area contributed by atoms with E-state index in [9.17, 15) is 0 Å².